The largest absolute Gasteiger partial charge is 0.358 e. The Morgan fingerprint density at radius 2 is 1.34 bits per heavy atom. The molecule has 2 rings (SSSR count). The minimum atomic E-state index is -0.358. The van der Waals surface area contributed by atoms with Gasteiger partial charge in [-0.05, 0) is 18.6 Å². The maximum absolute atomic E-state index is 10.7. The molecular formula is C23H38BrN3O2. The van der Waals surface area contributed by atoms with Crippen molar-refractivity contribution >= 4 is 28.4 Å². The lowest BCUT2D eigenvalue weighted by molar-refractivity contribution is -0.384. The Morgan fingerprint density at radius 1 is 0.828 bits per heavy atom. The van der Waals surface area contributed by atoms with Gasteiger partial charge in [-0.25, -0.2) is 0 Å². The van der Waals surface area contributed by atoms with Gasteiger partial charge in [-0.3, -0.25) is 10.1 Å². The van der Waals surface area contributed by atoms with Gasteiger partial charge in [0.25, 0.3) is 5.69 Å². The average molecular weight is 468 g/mol. The number of nitro groups is 1. The summed E-state index contributed by atoms with van der Waals surface area (Å²) in [7, 11) is 0. The molecule has 0 N–H and O–H groups in total. The lowest BCUT2D eigenvalue weighted by atomic mass is 10.1. The number of halogens is 1. The summed E-state index contributed by atoms with van der Waals surface area (Å²) in [5.41, 5.74) is 1.14. The molecule has 164 valence electrons. The standard InChI is InChI=1S/C23H37N3O2.BrH/c1-2-3-4-5-6-7-8-9-10-11-12-13-18-24-19-20-25(21-24)22-14-16-23(17-15-22)26(27)28;/h14-17,19-20H,2-13,18,21H2,1H3;1H. The van der Waals surface area contributed by atoms with Crippen LogP contribution in [0, 0.1) is 10.1 Å². The highest BCUT2D eigenvalue weighted by Crippen LogP contribution is 2.22. The zero-order chi connectivity index (χ0) is 20.0. The number of nitrogens with zero attached hydrogens (tertiary/aromatic N) is 3. The first kappa shape index (κ1) is 25.5. The SMILES string of the molecule is Br.CCCCCCCCCCCCCCN1C=CN(c2ccc([N+](=O)[O-])cc2)C1. The Labute approximate surface area is 187 Å². The first-order chi connectivity index (χ1) is 13.7. The van der Waals surface area contributed by atoms with Gasteiger partial charge in [0.2, 0.25) is 0 Å². The summed E-state index contributed by atoms with van der Waals surface area (Å²) in [4.78, 5) is 14.8. The summed E-state index contributed by atoms with van der Waals surface area (Å²) in [5.74, 6) is 0. The molecule has 1 aliphatic rings. The Morgan fingerprint density at radius 3 is 1.86 bits per heavy atom. The van der Waals surface area contributed by atoms with Crippen molar-refractivity contribution in [3.8, 4) is 0 Å². The van der Waals surface area contributed by atoms with E-state index in [-0.39, 0.29) is 27.6 Å². The van der Waals surface area contributed by atoms with E-state index in [2.05, 4.69) is 29.1 Å². The van der Waals surface area contributed by atoms with Crippen LogP contribution in [0.25, 0.3) is 0 Å². The smallest absolute Gasteiger partial charge is 0.269 e. The quantitative estimate of drug-likeness (QED) is 0.153. The summed E-state index contributed by atoms with van der Waals surface area (Å²) in [5, 5.41) is 10.7. The van der Waals surface area contributed by atoms with E-state index in [0.717, 1.165) is 18.9 Å². The van der Waals surface area contributed by atoms with Crippen molar-refractivity contribution in [3.05, 3.63) is 46.8 Å². The van der Waals surface area contributed by atoms with Crippen LogP contribution in [0.1, 0.15) is 84.0 Å². The van der Waals surface area contributed by atoms with Gasteiger partial charge in [-0.2, -0.15) is 0 Å². The number of nitro benzene ring substituents is 1. The molecule has 1 aromatic rings. The van der Waals surface area contributed by atoms with Crippen LogP contribution in [-0.4, -0.2) is 23.0 Å². The van der Waals surface area contributed by atoms with Gasteiger partial charge < -0.3 is 9.80 Å². The Hall–Kier alpha value is -1.56. The Bertz CT molecular complexity index is 592. The summed E-state index contributed by atoms with van der Waals surface area (Å²) in [6, 6.07) is 6.76. The molecule has 0 atom stereocenters. The van der Waals surface area contributed by atoms with Crippen LogP contribution in [0.3, 0.4) is 0 Å². The first-order valence-electron chi connectivity index (χ1n) is 11.1. The van der Waals surface area contributed by atoms with Crippen molar-refractivity contribution in [2.24, 2.45) is 0 Å². The molecule has 1 heterocycles. The lowest BCUT2D eigenvalue weighted by Gasteiger charge is -2.21. The summed E-state index contributed by atoms with van der Waals surface area (Å²) >= 11 is 0. The second kappa shape index (κ2) is 15.3. The van der Waals surface area contributed by atoms with E-state index < -0.39 is 0 Å². The van der Waals surface area contributed by atoms with Gasteiger partial charge in [0.15, 0.2) is 0 Å². The fraction of sp³-hybridized carbons (Fsp3) is 0.652. The number of non-ortho nitro benzene ring substituents is 1. The molecule has 0 bridgehead atoms. The van der Waals surface area contributed by atoms with Crippen LogP contribution < -0.4 is 4.90 Å². The number of anilines is 1. The van der Waals surface area contributed by atoms with Crippen LogP contribution in [0.2, 0.25) is 0 Å². The van der Waals surface area contributed by atoms with Gasteiger partial charge in [-0.15, -0.1) is 17.0 Å². The van der Waals surface area contributed by atoms with Crippen LogP contribution >= 0.6 is 17.0 Å². The highest BCUT2D eigenvalue weighted by Gasteiger charge is 2.14. The van der Waals surface area contributed by atoms with Crippen LogP contribution in [-0.2, 0) is 0 Å². The molecule has 1 aromatic carbocycles. The molecule has 0 unspecified atom stereocenters. The number of unbranched alkanes of at least 4 members (excludes halogenated alkanes) is 11. The van der Waals surface area contributed by atoms with Crippen molar-refractivity contribution in [2.45, 2.75) is 84.0 Å². The topological polar surface area (TPSA) is 49.6 Å². The molecule has 0 aliphatic carbocycles. The van der Waals surface area contributed by atoms with E-state index in [1.165, 1.54) is 77.0 Å². The molecule has 29 heavy (non-hydrogen) atoms. The molecule has 0 saturated heterocycles. The minimum absolute atomic E-state index is 0. The Balaban J connectivity index is 0.00000420. The molecule has 5 nitrogen and oxygen atoms in total. The lowest BCUT2D eigenvalue weighted by Crippen LogP contribution is -2.25. The highest BCUT2D eigenvalue weighted by atomic mass is 79.9. The van der Waals surface area contributed by atoms with Gasteiger partial charge in [-0.1, -0.05) is 77.6 Å². The van der Waals surface area contributed by atoms with Gasteiger partial charge in [0.1, 0.15) is 0 Å². The van der Waals surface area contributed by atoms with E-state index in [0.29, 0.717) is 0 Å². The number of rotatable bonds is 15. The van der Waals surface area contributed by atoms with Crippen molar-refractivity contribution in [3.63, 3.8) is 0 Å². The number of hydrogen-bond donors (Lipinski definition) is 0. The van der Waals surface area contributed by atoms with Crippen molar-refractivity contribution < 1.29 is 4.92 Å². The average Bonchev–Trinajstić information content (AvgIpc) is 3.18. The number of hydrogen-bond acceptors (Lipinski definition) is 4. The monoisotopic (exact) mass is 467 g/mol. The van der Waals surface area contributed by atoms with E-state index >= 15 is 0 Å². The van der Waals surface area contributed by atoms with Gasteiger partial charge in [0.05, 0.1) is 11.6 Å². The van der Waals surface area contributed by atoms with Crippen molar-refractivity contribution in [1.82, 2.24) is 4.90 Å². The summed E-state index contributed by atoms with van der Waals surface area (Å²) in [6.07, 6.45) is 20.7. The fourth-order valence-corrected chi connectivity index (χ4v) is 3.70. The van der Waals surface area contributed by atoms with E-state index in [9.17, 15) is 10.1 Å². The highest BCUT2D eigenvalue weighted by molar-refractivity contribution is 8.93. The third-order valence-corrected chi connectivity index (χ3v) is 5.48. The fourth-order valence-electron chi connectivity index (χ4n) is 3.70. The first-order valence-corrected chi connectivity index (χ1v) is 11.1. The van der Waals surface area contributed by atoms with Crippen molar-refractivity contribution in [2.75, 3.05) is 18.1 Å². The normalized spacial score (nSPS) is 13.0. The van der Waals surface area contributed by atoms with Gasteiger partial charge >= 0.3 is 0 Å². The Kier molecular flexibility index (Phi) is 13.4. The second-order valence-electron chi connectivity index (χ2n) is 7.88. The third-order valence-electron chi connectivity index (χ3n) is 5.48. The molecule has 1 aliphatic heterocycles. The third kappa shape index (κ3) is 10.2. The van der Waals surface area contributed by atoms with E-state index in [1.54, 1.807) is 12.1 Å². The predicted octanol–water partition coefficient (Wildman–Crippen LogP) is 7.42. The maximum atomic E-state index is 10.7. The van der Waals surface area contributed by atoms with E-state index in [1.807, 2.05) is 12.1 Å². The molecule has 0 spiro atoms. The maximum Gasteiger partial charge on any atom is 0.269 e. The molecular weight excluding hydrogens is 430 g/mol. The minimum Gasteiger partial charge on any atom is -0.358 e. The van der Waals surface area contributed by atoms with Crippen LogP contribution in [0.4, 0.5) is 11.4 Å². The zero-order valence-corrected chi connectivity index (χ0v) is 19.6. The molecule has 0 aromatic heterocycles. The molecule has 0 saturated carbocycles. The second-order valence-corrected chi connectivity index (χ2v) is 7.88. The molecule has 6 heteroatoms. The van der Waals surface area contributed by atoms with Crippen molar-refractivity contribution in [1.29, 1.82) is 0 Å². The number of benzene rings is 1. The summed E-state index contributed by atoms with van der Waals surface area (Å²) < 4.78 is 0. The van der Waals surface area contributed by atoms with Gasteiger partial charge in [0, 0.05) is 36.8 Å². The summed E-state index contributed by atoms with van der Waals surface area (Å²) in [6.45, 7) is 4.18. The van der Waals surface area contributed by atoms with E-state index in [4.69, 9.17) is 0 Å². The molecule has 0 amide bonds. The van der Waals surface area contributed by atoms with Crippen LogP contribution in [0.5, 0.6) is 0 Å². The predicted molar refractivity (Wildman–Crippen MR) is 128 cm³/mol. The zero-order valence-electron chi connectivity index (χ0n) is 17.9. The van der Waals surface area contributed by atoms with Crippen LogP contribution in [0.15, 0.2) is 36.7 Å². The molecule has 0 radical (unpaired) electrons. The molecule has 0 fully saturated rings.